The minimum atomic E-state index is -3.78. The van der Waals surface area contributed by atoms with Gasteiger partial charge in [-0.1, -0.05) is 54.1 Å². The summed E-state index contributed by atoms with van der Waals surface area (Å²) in [6, 6.07) is 21.6. The fraction of sp³-hybridized carbons (Fsp3) is 0.0500. The zero-order chi connectivity index (χ0) is 18.9. The van der Waals surface area contributed by atoms with Crippen molar-refractivity contribution in [3.8, 4) is 0 Å². The van der Waals surface area contributed by atoms with Gasteiger partial charge in [-0.2, -0.15) is 0 Å². The maximum absolute atomic E-state index is 12.7. The number of aromatic nitrogens is 2. The maximum Gasteiger partial charge on any atom is 0.263 e. The van der Waals surface area contributed by atoms with Gasteiger partial charge in [0.25, 0.3) is 10.0 Å². The number of benzene rings is 3. The lowest BCUT2D eigenvalue weighted by Gasteiger charge is -2.10. The highest BCUT2D eigenvalue weighted by Gasteiger charge is 2.18. The molecule has 0 aliphatic carbocycles. The van der Waals surface area contributed by atoms with Gasteiger partial charge < -0.3 is 4.57 Å². The van der Waals surface area contributed by atoms with Gasteiger partial charge in [-0.15, -0.1) is 0 Å². The Morgan fingerprint density at radius 2 is 1.70 bits per heavy atom. The molecule has 0 atom stereocenters. The molecule has 4 aromatic rings. The van der Waals surface area contributed by atoms with E-state index in [0.717, 1.165) is 16.6 Å². The third-order valence-electron chi connectivity index (χ3n) is 4.20. The molecule has 0 aliphatic heterocycles. The van der Waals surface area contributed by atoms with Gasteiger partial charge in [0.2, 0.25) is 0 Å². The van der Waals surface area contributed by atoms with Crippen molar-refractivity contribution >= 4 is 38.3 Å². The van der Waals surface area contributed by atoms with Crippen molar-refractivity contribution in [3.05, 3.63) is 89.7 Å². The Kier molecular flexibility index (Phi) is 4.59. The summed E-state index contributed by atoms with van der Waals surface area (Å²) in [5.41, 5.74) is 3.24. The summed E-state index contributed by atoms with van der Waals surface area (Å²) >= 11 is 6.03. The second-order valence-electron chi connectivity index (χ2n) is 6.10. The Balaban J connectivity index is 1.67. The topological polar surface area (TPSA) is 64.0 Å². The van der Waals surface area contributed by atoms with Crippen molar-refractivity contribution < 1.29 is 8.42 Å². The lowest BCUT2D eigenvalue weighted by Crippen LogP contribution is -2.13. The number of halogens is 1. The number of anilines is 1. The first-order valence-corrected chi connectivity index (χ1v) is 10.2. The predicted octanol–water partition coefficient (Wildman–Crippen LogP) is 4.54. The van der Waals surface area contributed by atoms with E-state index in [-0.39, 0.29) is 9.92 Å². The van der Waals surface area contributed by atoms with Gasteiger partial charge in [-0.25, -0.2) is 13.4 Å². The van der Waals surface area contributed by atoms with Gasteiger partial charge in [0.05, 0.1) is 28.1 Å². The van der Waals surface area contributed by atoms with E-state index in [0.29, 0.717) is 12.2 Å². The van der Waals surface area contributed by atoms with Crippen LogP contribution < -0.4 is 4.72 Å². The summed E-state index contributed by atoms with van der Waals surface area (Å²) in [5, 5.41) is 0.181. The largest absolute Gasteiger partial charge is 0.326 e. The van der Waals surface area contributed by atoms with E-state index < -0.39 is 10.0 Å². The number of rotatable bonds is 5. The van der Waals surface area contributed by atoms with Crippen molar-refractivity contribution in [2.75, 3.05) is 4.72 Å². The van der Waals surface area contributed by atoms with Crippen molar-refractivity contribution in [1.82, 2.24) is 9.55 Å². The molecule has 0 fully saturated rings. The summed E-state index contributed by atoms with van der Waals surface area (Å²) in [6.45, 7) is 0.651. The molecule has 1 aromatic heterocycles. The minimum absolute atomic E-state index is 0.0459. The fourth-order valence-electron chi connectivity index (χ4n) is 2.90. The van der Waals surface area contributed by atoms with Crippen molar-refractivity contribution in [3.63, 3.8) is 0 Å². The molecule has 0 amide bonds. The number of nitrogens with one attached hydrogen (secondary N) is 1. The molecular weight excluding hydrogens is 382 g/mol. The molecule has 136 valence electrons. The highest BCUT2D eigenvalue weighted by atomic mass is 35.5. The maximum atomic E-state index is 12.7. The van der Waals surface area contributed by atoms with Gasteiger partial charge in [0.1, 0.15) is 4.90 Å². The molecule has 27 heavy (non-hydrogen) atoms. The Bertz CT molecular complexity index is 1200. The van der Waals surface area contributed by atoms with Crippen molar-refractivity contribution in [1.29, 1.82) is 0 Å². The normalized spacial score (nSPS) is 11.6. The fourth-order valence-corrected chi connectivity index (χ4v) is 4.47. The van der Waals surface area contributed by atoms with E-state index in [9.17, 15) is 8.42 Å². The highest BCUT2D eigenvalue weighted by Crippen LogP contribution is 2.25. The van der Waals surface area contributed by atoms with Gasteiger partial charge in [-0.3, -0.25) is 4.72 Å². The highest BCUT2D eigenvalue weighted by molar-refractivity contribution is 7.92. The number of fused-ring (bicyclic) bond motifs is 1. The number of sulfonamides is 1. The van der Waals surface area contributed by atoms with Gasteiger partial charge in [0.15, 0.2) is 0 Å². The Morgan fingerprint density at radius 3 is 2.48 bits per heavy atom. The molecule has 0 spiro atoms. The lowest BCUT2D eigenvalue weighted by molar-refractivity contribution is 0.601. The molecule has 0 saturated heterocycles. The zero-order valence-electron chi connectivity index (χ0n) is 14.2. The monoisotopic (exact) mass is 397 g/mol. The van der Waals surface area contributed by atoms with E-state index >= 15 is 0 Å². The van der Waals surface area contributed by atoms with Crippen LogP contribution in [0.3, 0.4) is 0 Å². The van der Waals surface area contributed by atoms with Gasteiger partial charge in [0, 0.05) is 6.54 Å². The van der Waals surface area contributed by atoms with E-state index in [1.165, 1.54) is 6.07 Å². The third kappa shape index (κ3) is 3.67. The molecule has 3 aromatic carbocycles. The molecule has 0 aliphatic rings. The van der Waals surface area contributed by atoms with Crippen molar-refractivity contribution in [2.45, 2.75) is 11.4 Å². The van der Waals surface area contributed by atoms with E-state index in [1.807, 2.05) is 34.9 Å². The zero-order valence-corrected chi connectivity index (χ0v) is 15.8. The molecule has 7 heteroatoms. The molecule has 0 bridgehead atoms. The summed E-state index contributed by atoms with van der Waals surface area (Å²) in [5.74, 6) is 0. The SMILES string of the molecule is O=S(=O)(Nc1ccc2ncn(Cc3ccccc3)c2c1)c1ccccc1Cl. The Morgan fingerprint density at radius 1 is 0.963 bits per heavy atom. The Labute approximate surface area is 162 Å². The molecule has 0 saturated carbocycles. The van der Waals surface area contributed by atoms with Crippen LogP contribution in [-0.2, 0) is 16.6 Å². The molecule has 0 unspecified atom stereocenters. The first-order valence-electron chi connectivity index (χ1n) is 8.29. The second kappa shape index (κ2) is 7.06. The summed E-state index contributed by atoms with van der Waals surface area (Å²) < 4.78 is 29.9. The van der Waals surface area contributed by atoms with Crippen LogP contribution in [0.4, 0.5) is 5.69 Å². The van der Waals surface area contributed by atoms with Crippen LogP contribution in [0, 0.1) is 0 Å². The molecule has 4 rings (SSSR count). The van der Waals surface area contributed by atoms with E-state index in [1.54, 1.807) is 42.7 Å². The van der Waals surface area contributed by atoms with Crippen LogP contribution in [-0.4, -0.2) is 18.0 Å². The number of imidazole rings is 1. The van der Waals surface area contributed by atoms with Crippen LogP contribution in [0.25, 0.3) is 11.0 Å². The number of nitrogens with zero attached hydrogens (tertiary/aromatic N) is 2. The molecule has 1 N–H and O–H groups in total. The first kappa shape index (κ1) is 17.6. The standard InChI is InChI=1S/C20H16ClN3O2S/c21-17-8-4-5-9-20(17)27(25,26)23-16-10-11-18-19(12-16)24(14-22-18)13-15-6-2-1-3-7-15/h1-12,14,23H,13H2. The third-order valence-corrected chi connectivity index (χ3v) is 6.08. The quantitative estimate of drug-likeness (QED) is 0.537. The second-order valence-corrected chi connectivity index (χ2v) is 8.16. The van der Waals surface area contributed by atoms with Crippen LogP contribution >= 0.6 is 11.6 Å². The molecule has 5 nitrogen and oxygen atoms in total. The molecule has 0 radical (unpaired) electrons. The average molecular weight is 398 g/mol. The van der Waals surface area contributed by atoms with E-state index in [2.05, 4.69) is 9.71 Å². The number of hydrogen-bond acceptors (Lipinski definition) is 3. The van der Waals surface area contributed by atoms with Gasteiger partial charge in [-0.05, 0) is 35.9 Å². The van der Waals surface area contributed by atoms with Crippen molar-refractivity contribution in [2.24, 2.45) is 0 Å². The van der Waals surface area contributed by atoms with Crippen LogP contribution in [0.1, 0.15) is 5.56 Å². The smallest absolute Gasteiger partial charge is 0.263 e. The summed E-state index contributed by atoms with van der Waals surface area (Å²) in [6.07, 6.45) is 1.75. The van der Waals surface area contributed by atoms with Crippen LogP contribution in [0.2, 0.25) is 5.02 Å². The van der Waals surface area contributed by atoms with Crippen LogP contribution in [0.15, 0.2) is 84.0 Å². The van der Waals surface area contributed by atoms with Gasteiger partial charge >= 0.3 is 0 Å². The lowest BCUT2D eigenvalue weighted by atomic mass is 10.2. The average Bonchev–Trinajstić information content (AvgIpc) is 3.05. The van der Waals surface area contributed by atoms with E-state index in [4.69, 9.17) is 11.6 Å². The number of hydrogen-bond donors (Lipinski definition) is 1. The summed E-state index contributed by atoms with van der Waals surface area (Å²) in [4.78, 5) is 4.44. The Hall–Kier alpha value is -2.83. The summed E-state index contributed by atoms with van der Waals surface area (Å²) in [7, 11) is -3.78. The van der Waals surface area contributed by atoms with Crippen LogP contribution in [0.5, 0.6) is 0 Å². The predicted molar refractivity (Wildman–Crippen MR) is 108 cm³/mol. The minimum Gasteiger partial charge on any atom is -0.326 e. The molecular formula is C20H16ClN3O2S. The first-order chi connectivity index (χ1) is 13.0. The molecule has 1 heterocycles.